The van der Waals surface area contributed by atoms with E-state index in [1.807, 2.05) is 0 Å². The fourth-order valence-corrected chi connectivity index (χ4v) is 2.88. The van der Waals surface area contributed by atoms with Gasteiger partial charge >= 0.3 is 0 Å². The van der Waals surface area contributed by atoms with Crippen LogP contribution in [0.1, 0.15) is 59.3 Å². The molecule has 0 aromatic rings. The third-order valence-corrected chi connectivity index (χ3v) is 3.53. The van der Waals surface area contributed by atoms with E-state index in [2.05, 4.69) is 26.1 Å². The molecule has 1 aliphatic carbocycles. The molecule has 17 heavy (non-hydrogen) atoms. The van der Waals surface area contributed by atoms with Crippen LogP contribution >= 0.6 is 0 Å². The van der Waals surface area contributed by atoms with E-state index in [-0.39, 0.29) is 5.91 Å². The number of carbonyl (C=O) groups is 1. The van der Waals surface area contributed by atoms with E-state index in [9.17, 15) is 4.79 Å². The summed E-state index contributed by atoms with van der Waals surface area (Å²) in [4.78, 5) is 11.9. The van der Waals surface area contributed by atoms with E-state index in [1.165, 1.54) is 12.8 Å². The van der Waals surface area contributed by atoms with Gasteiger partial charge in [0.25, 0.3) is 0 Å². The number of hydrogen-bond donors (Lipinski definition) is 2. The minimum Gasteiger partial charge on any atom is -0.354 e. The Morgan fingerprint density at radius 3 is 2.65 bits per heavy atom. The number of nitrogens with one attached hydrogen (secondary N) is 1. The van der Waals surface area contributed by atoms with Crippen LogP contribution in [0.2, 0.25) is 0 Å². The highest BCUT2D eigenvalue weighted by atomic mass is 16.1. The average Bonchev–Trinajstić information content (AvgIpc) is 2.14. The lowest BCUT2D eigenvalue weighted by Gasteiger charge is -2.26. The lowest BCUT2D eigenvalue weighted by atomic mass is 9.84. The monoisotopic (exact) mass is 240 g/mol. The second kappa shape index (κ2) is 7.00. The van der Waals surface area contributed by atoms with Gasteiger partial charge in [0.2, 0.25) is 5.91 Å². The molecule has 1 aliphatic rings. The maximum atomic E-state index is 11.9. The van der Waals surface area contributed by atoms with Gasteiger partial charge < -0.3 is 11.1 Å². The Kier molecular flexibility index (Phi) is 5.96. The lowest BCUT2D eigenvalue weighted by molar-refractivity contribution is -0.122. The molecule has 0 bridgehead atoms. The van der Waals surface area contributed by atoms with Crippen molar-refractivity contribution < 1.29 is 4.79 Å². The molecule has 100 valence electrons. The Hall–Kier alpha value is -0.570. The molecule has 1 fully saturated rings. The van der Waals surface area contributed by atoms with Crippen LogP contribution < -0.4 is 11.1 Å². The summed E-state index contributed by atoms with van der Waals surface area (Å²) in [6, 6.07) is 0.606. The molecule has 1 amide bonds. The fourth-order valence-electron chi connectivity index (χ4n) is 2.88. The first-order valence-electron chi connectivity index (χ1n) is 7.02. The Morgan fingerprint density at radius 2 is 2.06 bits per heavy atom. The first-order valence-corrected chi connectivity index (χ1v) is 7.02. The standard InChI is InChI=1S/C14H28N2O/c1-10(2)7-11(3)16-14(17)9-12-5-4-6-13(15)8-12/h10-13H,4-9,15H2,1-3H3,(H,16,17). The van der Waals surface area contributed by atoms with Crippen LogP contribution in [-0.2, 0) is 4.79 Å². The predicted octanol–water partition coefficient (Wildman–Crippen LogP) is 2.44. The summed E-state index contributed by atoms with van der Waals surface area (Å²) in [6.45, 7) is 6.45. The van der Waals surface area contributed by atoms with E-state index in [0.717, 1.165) is 19.3 Å². The SMILES string of the molecule is CC(C)CC(C)NC(=O)CC1CCCC(N)C1. The van der Waals surface area contributed by atoms with Crippen molar-refractivity contribution in [2.24, 2.45) is 17.6 Å². The molecule has 3 heteroatoms. The van der Waals surface area contributed by atoms with Gasteiger partial charge in [0.1, 0.15) is 0 Å². The lowest BCUT2D eigenvalue weighted by Crippen LogP contribution is -2.36. The van der Waals surface area contributed by atoms with Gasteiger partial charge in [-0.1, -0.05) is 20.3 Å². The minimum atomic E-state index is 0.206. The Labute approximate surface area is 106 Å². The molecule has 3 nitrogen and oxygen atoms in total. The molecular weight excluding hydrogens is 212 g/mol. The Morgan fingerprint density at radius 1 is 1.35 bits per heavy atom. The van der Waals surface area contributed by atoms with Crippen LogP contribution in [0.15, 0.2) is 0 Å². The van der Waals surface area contributed by atoms with Crippen molar-refractivity contribution in [1.29, 1.82) is 0 Å². The van der Waals surface area contributed by atoms with Gasteiger partial charge in [-0.25, -0.2) is 0 Å². The van der Waals surface area contributed by atoms with Crippen LogP contribution in [0.25, 0.3) is 0 Å². The van der Waals surface area contributed by atoms with Gasteiger partial charge in [0.15, 0.2) is 0 Å². The van der Waals surface area contributed by atoms with Crippen molar-refractivity contribution in [2.45, 2.75) is 71.4 Å². The Bertz CT molecular complexity index is 240. The number of nitrogens with two attached hydrogens (primary N) is 1. The first kappa shape index (κ1) is 14.5. The second-order valence-corrected chi connectivity index (χ2v) is 6.09. The summed E-state index contributed by atoms with van der Waals surface area (Å²) in [5.41, 5.74) is 5.94. The average molecular weight is 240 g/mol. The topological polar surface area (TPSA) is 55.1 Å². The molecule has 0 aliphatic heterocycles. The zero-order valence-electron chi connectivity index (χ0n) is 11.5. The minimum absolute atomic E-state index is 0.206. The quantitative estimate of drug-likeness (QED) is 0.775. The molecular formula is C14H28N2O. The van der Waals surface area contributed by atoms with Gasteiger partial charge in [-0.3, -0.25) is 4.79 Å². The number of hydrogen-bond acceptors (Lipinski definition) is 2. The summed E-state index contributed by atoms with van der Waals surface area (Å²) >= 11 is 0. The van der Waals surface area contributed by atoms with Gasteiger partial charge in [0, 0.05) is 18.5 Å². The number of carbonyl (C=O) groups excluding carboxylic acids is 1. The molecule has 3 atom stereocenters. The molecule has 1 rings (SSSR count). The van der Waals surface area contributed by atoms with Crippen molar-refractivity contribution in [2.75, 3.05) is 0 Å². The number of rotatable bonds is 5. The van der Waals surface area contributed by atoms with Crippen LogP contribution in [-0.4, -0.2) is 18.0 Å². The van der Waals surface area contributed by atoms with Gasteiger partial charge in [-0.15, -0.1) is 0 Å². The van der Waals surface area contributed by atoms with E-state index >= 15 is 0 Å². The maximum absolute atomic E-state index is 11.9. The van der Waals surface area contributed by atoms with Gasteiger partial charge in [0.05, 0.1) is 0 Å². The largest absolute Gasteiger partial charge is 0.354 e. The van der Waals surface area contributed by atoms with Gasteiger partial charge in [-0.05, 0) is 44.4 Å². The predicted molar refractivity (Wildman–Crippen MR) is 71.6 cm³/mol. The van der Waals surface area contributed by atoms with Crippen molar-refractivity contribution in [3.05, 3.63) is 0 Å². The van der Waals surface area contributed by atoms with Crippen LogP contribution in [0.3, 0.4) is 0 Å². The third kappa shape index (κ3) is 6.06. The maximum Gasteiger partial charge on any atom is 0.220 e. The van der Waals surface area contributed by atoms with Crippen molar-refractivity contribution >= 4 is 5.91 Å². The zero-order valence-corrected chi connectivity index (χ0v) is 11.5. The summed E-state index contributed by atoms with van der Waals surface area (Å²) < 4.78 is 0. The first-order chi connectivity index (χ1) is 7.97. The highest BCUT2D eigenvalue weighted by Crippen LogP contribution is 2.25. The molecule has 3 unspecified atom stereocenters. The molecule has 0 spiro atoms. The van der Waals surface area contributed by atoms with E-state index in [4.69, 9.17) is 5.73 Å². The van der Waals surface area contributed by atoms with Crippen LogP contribution in [0.4, 0.5) is 0 Å². The molecule has 0 radical (unpaired) electrons. The molecule has 0 aromatic carbocycles. The van der Waals surface area contributed by atoms with Crippen molar-refractivity contribution in [3.8, 4) is 0 Å². The van der Waals surface area contributed by atoms with Crippen LogP contribution in [0, 0.1) is 11.8 Å². The third-order valence-electron chi connectivity index (χ3n) is 3.53. The van der Waals surface area contributed by atoms with Crippen LogP contribution in [0.5, 0.6) is 0 Å². The summed E-state index contributed by atoms with van der Waals surface area (Å²) in [6.07, 6.45) is 6.21. The highest BCUT2D eigenvalue weighted by molar-refractivity contribution is 5.76. The van der Waals surface area contributed by atoms with Crippen molar-refractivity contribution in [3.63, 3.8) is 0 Å². The smallest absolute Gasteiger partial charge is 0.220 e. The molecule has 1 saturated carbocycles. The molecule has 3 N–H and O–H groups in total. The molecule has 0 aromatic heterocycles. The summed E-state index contributed by atoms with van der Waals surface area (Å²) in [5, 5.41) is 3.09. The normalized spacial score (nSPS) is 26.9. The van der Waals surface area contributed by atoms with E-state index < -0.39 is 0 Å². The second-order valence-electron chi connectivity index (χ2n) is 6.09. The Balaban J connectivity index is 2.24. The number of amides is 1. The summed E-state index contributed by atoms with van der Waals surface area (Å²) in [7, 11) is 0. The van der Waals surface area contributed by atoms with E-state index in [0.29, 0.717) is 30.3 Å². The molecule has 0 heterocycles. The van der Waals surface area contributed by atoms with Gasteiger partial charge in [-0.2, -0.15) is 0 Å². The highest BCUT2D eigenvalue weighted by Gasteiger charge is 2.22. The fraction of sp³-hybridized carbons (Fsp3) is 0.929. The zero-order chi connectivity index (χ0) is 12.8. The van der Waals surface area contributed by atoms with E-state index in [1.54, 1.807) is 0 Å². The summed E-state index contributed by atoms with van der Waals surface area (Å²) in [5.74, 6) is 1.34. The molecule has 0 saturated heterocycles. The van der Waals surface area contributed by atoms with Crippen molar-refractivity contribution in [1.82, 2.24) is 5.32 Å².